The van der Waals surface area contributed by atoms with Gasteiger partial charge in [0.15, 0.2) is 0 Å². The number of rotatable bonds is 3. The summed E-state index contributed by atoms with van der Waals surface area (Å²) in [6, 6.07) is 6.11. The van der Waals surface area contributed by atoms with Crippen LogP contribution < -0.4 is 0 Å². The summed E-state index contributed by atoms with van der Waals surface area (Å²) >= 11 is 0. The van der Waals surface area contributed by atoms with Gasteiger partial charge in [-0.05, 0) is 31.9 Å². The molecule has 2 aromatic rings. The molecule has 0 amide bonds. The predicted octanol–water partition coefficient (Wildman–Crippen LogP) is 1.49. The molecule has 1 aliphatic heterocycles. The van der Waals surface area contributed by atoms with E-state index in [4.69, 9.17) is 0 Å². The van der Waals surface area contributed by atoms with Gasteiger partial charge >= 0.3 is 0 Å². The average Bonchev–Trinajstić information content (AvgIpc) is 2.90. The van der Waals surface area contributed by atoms with Crippen LogP contribution in [0.25, 0.3) is 0 Å². The topological polar surface area (TPSA) is 75.4 Å². The molecule has 1 aromatic carbocycles. The van der Waals surface area contributed by atoms with Crippen molar-refractivity contribution < 1.29 is 13.5 Å². The fourth-order valence-corrected chi connectivity index (χ4v) is 4.68. The van der Waals surface area contributed by atoms with Crippen LogP contribution in [0, 0.1) is 6.92 Å². The van der Waals surface area contributed by atoms with Crippen LogP contribution in [0.4, 0.5) is 0 Å². The van der Waals surface area contributed by atoms with Crippen LogP contribution in [0.15, 0.2) is 35.4 Å². The van der Waals surface area contributed by atoms with Crippen LogP contribution in [0.3, 0.4) is 0 Å². The molecule has 1 aliphatic rings. The van der Waals surface area contributed by atoms with E-state index in [0.29, 0.717) is 12.0 Å². The lowest BCUT2D eigenvalue weighted by molar-refractivity contribution is 0.0891. The third kappa shape index (κ3) is 2.58. The van der Waals surface area contributed by atoms with Crippen LogP contribution >= 0.6 is 0 Å². The molecule has 124 valence electrons. The normalized spacial score (nSPS) is 23.7. The number of likely N-dealkylation sites (N-methyl/N-ethyl adjacent to an activating group) is 1. The van der Waals surface area contributed by atoms with E-state index in [1.54, 1.807) is 24.3 Å². The number of fused-ring (bicyclic) bond motifs is 1. The Kier molecular flexibility index (Phi) is 4.03. The number of aliphatic hydroxyl groups excluding tert-OH is 1. The molecule has 1 N–H and O–H groups in total. The third-order valence-electron chi connectivity index (χ3n) is 4.53. The summed E-state index contributed by atoms with van der Waals surface area (Å²) in [5.41, 5.74) is 2.29. The molecule has 0 bridgehead atoms. The highest BCUT2D eigenvalue weighted by molar-refractivity contribution is 7.89. The van der Waals surface area contributed by atoms with Crippen molar-refractivity contribution in [3.05, 3.63) is 47.3 Å². The van der Waals surface area contributed by atoms with Gasteiger partial charge in [0, 0.05) is 25.4 Å². The molecule has 7 heteroatoms. The molecule has 0 spiro atoms. The predicted molar refractivity (Wildman–Crippen MR) is 86.5 cm³/mol. The summed E-state index contributed by atoms with van der Waals surface area (Å²) in [4.78, 5) is 0.187. The molecule has 0 fully saturated rings. The highest BCUT2D eigenvalue weighted by Crippen LogP contribution is 2.37. The van der Waals surface area contributed by atoms with Crippen LogP contribution in [0.5, 0.6) is 0 Å². The van der Waals surface area contributed by atoms with Crippen LogP contribution in [0.2, 0.25) is 0 Å². The number of sulfonamides is 1. The molecule has 1 aromatic heterocycles. The second-order valence-corrected chi connectivity index (χ2v) is 7.84. The molecular formula is C16H21N3O3S. The van der Waals surface area contributed by atoms with Gasteiger partial charge in [-0.1, -0.05) is 18.2 Å². The van der Waals surface area contributed by atoms with Crippen molar-refractivity contribution in [2.45, 2.75) is 43.9 Å². The van der Waals surface area contributed by atoms with Crippen molar-refractivity contribution in [1.82, 2.24) is 14.1 Å². The Morgan fingerprint density at radius 3 is 2.65 bits per heavy atom. The minimum Gasteiger partial charge on any atom is -0.387 e. The smallest absolute Gasteiger partial charge is 0.243 e. The maximum atomic E-state index is 12.7. The van der Waals surface area contributed by atoms with E-state index in [9.17, 15) is 13.5 Å². The van der Waals surface area contributed by atoms with Crippen LogP contribution in [-0.2, 0) is 23.0 Å². The molecule has 2 atom stereocenters. The maximum absolute atomic E-state index is 12.7. The lowest BCUT2D eigenvalue weighted by Gasteiger charge is -2.37. The number of aliphatic hydroxyl groups is 1. The molecule has 2 heterocycles. The van der Waals surface area contributed by atoms with Gasteiger partial charge in [0.25, 0.3) is 0 Å². The van der Waals surface area contributed by atoms with Gasteiger partial charge in [-0.25, -0.2) is 8.42 Å². The monoisotopic (exact) mass is 335 g/mol. The summed E-state index contributed by atoms with van der Waals surface area (Å²) in [6.07, 6.45) is 1.49. The molecule has 0 unspecified atom stereocenters. The first-order valence-electron chi connectivity index (χ1n) is 7.64. The Bertz CT molecular complexity index is 829. The zero-order valence-electron chi connectivity index (χ0n) is 13.5. The molecule has 3 rings (SSSR count). The molecule has 6 nitrogen and oxygen atoms in total. The van der Waals surface area contributed by atoms with E-state index in [1.165, 1.54) is 11.4 Å². The quantitative estimate of drug-likeness (QED) is 0.922. The third-order valence-corrected chi connectivity index (χ3v) is 6.48. The second kappa shape index (κ2) is 5.74. The molecular weight excluding hydrogens is 314 g/mol. The fourth-order valence-electron chi connectivity index (χ4n) is 3.09. The first-order chi connectivity index (χ1) is 10.9. The lowest BCUT2D eigenvalue weighted by Crippen LogP contribution is -2.46. The van der Waals surface area contributed by atoms with Crippen molar-refractivity contribution in [2.75, 3.05) is 7.05 Å². The van der Waals surface area contributed by atoms with E-state index >= 15 is 0 Å². The van der Waals surface area contributed by atoms with E-state index in [2.05, 4.69) is 5.10 Å². The van der Waals surface area contributed by atoms with Crippen molar-refractivity contribution in [3.8, 4) is 0 Å². The maximum Gasteiger partial charge on any atom is 0.243 e. The highest BCUT2D eigenvalue weighted by Gasteiger charge is 2.41. The van der Waals surface area contributed by atoms with Crippen molar-refractivity contribution in [2.24, 2.45) is 0 Å². The van der Waals surface area contributed by atoms with Gasteiger partial charge in [-0.15, -0.1) is 0 Å². The first-order valence-corrected chi connectivity index (χ1v) is 9.08. The summed E-state index contributed by atoms with van der Waals surface area (Å²) in [6.45, 7) is 4.66. The Morgan fingerprint density at radius 1 is 1.30 bits per heavy atom. The number of aryl methyl sites for hydroxylation is 2. The van der Waals surface area contributed by atoms with Gasteiger partial charge in [0.1, 0.15) is 0 Å². The van der Waals surface area contributed by atoms with Crippen molar-refractivity contribution in [1.29, 1.82) is 0 Å². The number of nitrogens with zero attached hydrogens (tertiary/aromatic N) is 3. The minimum atomic E-state index is -3.59. The van der Waals surface area contributed by atoms with Crippen molar-refractivity contribution >= 4 is 10.0 Å². The summed E-state index contributed by atoms with van der Waals surface area (Å²) < 4.78 is 28.5. The highest BCUT2D eigenvalue weighted by atomic mass is 32.2. The molecule has 0 aliphatic carbocycles. The number of aromatic nitrogens is 2. The lowest BCUT2D eigenvalue weighted by atomic mass is 9.96. The zero-order chi connectivity index (χ0) is 16.8. The van der Waals surface area contributed by atoms with E-state index in [0.717, 1.165) is 17.8 Å². The van der Waals surface area contributed by atoms with E-state index in [-0.39, 0.29) is 4.90 Å². The molecule has 0 radical (unpaired) electrons. The Balaban J connectivity index is 2.02. The summed E-state index contributed by atoms with van der Waals surface area (Å²) in [5.74, 6) is 0. The van der Waals surface area contributed by atoms with Gasteiger partial charge < -0.3 is 5.11 Å². The summed E-state index contributed by atoms with van der Waals surface area (Å²) in [5, 5.41) is 15.1. The van der Waals surface area contributed by atoms with E-state index < -0.39 is 22.2 Å². The summed E-state index contributed by atoms with van der Waals surface area (Å²) in [7, 11) is -2.06. The molecule has 23 heavy (non-hydrogen) atoms. The standard InChI is InChI=1S/C16H21N3O3S/c1-4-19-10-12(11(2)17-19)9-14-16(20)13-7-5-6-8-15(13)23(21,22)18(14)3/h5-8,10,14,16,20H,4,9H2,1-3H3/t14-,16-/m1/s1. The Hall–Kier alpha value is -1.70. The van der Waals surface area contributed by atoms with Gasteiger partial charge in [0.05, 0.1) is 22.7 Å². The van der Waals surface area contributed by atoms with E-state index in [1.807, 2.05) is 24.7 Å². The van der Waals surface area contributed by atoms with Crippen molar-refractivity contribution in [3.63, 3.8) is 0 Å². The Morgan fingerprint density at radius 2 is 2.00 bits per heavy atom. The molecule has 0 saturated carbocycles. The van der Waals surface area contributed by atoms with Crippen LogP contribution in [-0.4, -0.2) is 40.7 Å². The van der Waals surface area contributed by atoms with Gasteiger partial charge in [-0.3, -0.25) is 4.68 Å². The number of hydrogen-bond donors (Lipinski definition) is 1. The second-order valence-electron chi connectivity index (χ2n) is 5.87. The molecule has 0 saturated heterocycles. The van der Waals surface area contributed by atoms with Crippen LogP contribution in [0.1, 0.15) is 29.8 Å². The Labute approximate surface area is 136 Å². The zero-order valence-corrected chi connectivity index (χ0v) is 14.3. The SMILES string of the molecule is CCn1cc(C[C@@H]2[C@H](O)c3ccccc3S(=O)(=O)N2C)c(C)n1. The fraction of sp³-hybridized carbons (Fsp3) is 0.438. The number of benzene rings is 1. The largest absolute Gasteiger partial charge is 0.387 e. The van der Waals surface area contributed by atoms with Gasteiger partial charge in [-0.2, -0.15) is 9.40 Å². The first kappa shape index (κ1) is 16.2. The van der Waals surface area contributed by atoms with Gasteiger partial charge in [0.2, 0.25) is 10.0 Å². The number of hydrogen-bond acceptors (Lipinski definition) is 4. The minimum absolute atomic E-state index is 0.187. The average molecular weight is 335 g/mol.